The average Bonchev–Trinajstić information content (AvgIpc) is 3.28. The Morgan fingerprint density at radius 3 is 1.03 bits per heavy atom. The minimum atomic E-state index is -0.824. The van der Waals surface area contributed by atoms with Gasteiger partial charge in [0.1, 0.15) is 13.2 Å². The minimum Gasteiger partial charge on any atom is -0.462 e. The van der Waals surface area contributed by atoms with Crippen LogP contribution in [0.3, 0.4) is 0 Å². The highest BCUT2D eigenvalue weighted by Gasteiger charge is 2.19. The van der Waals surface area contributed by atoms with E-state index in [4.69, 9.17) is 14.2 Å². The van der Waals surface area contributed by atoms with Crippen molar-refractivity contribution in [3.05, 3.63) is 85.1 Å². The molecular formula is C57H96O6. The standard InChI is InChI=1S/C57H96O6/c1-4-7-10-13-16-19-22-25-26-27-28-29-30-33-35-38-41-44-47-50-56(59)62-53-54(63-57(60)51-48-45-42-39-36-32-24-21-18-15-12-9-6-3)52-61-55(58)49-46-43-40-37-34-31-23-20-17-14-11-8-5-2/h8-9,11-12,17-18,20-21,31-32,34,36,42,45,54H,4-7,10,13-16,19,22-30,33,35,37-41,43-44,46-53H2,1-3H3/b11-8-,12-9-,20-17-,21-18-,34-31-,36-32-,45-42-. The average molecular weight is 877 g/mol. The van der Waals surface area contributed by atoms with Gasteiger partial charge in [-0.2, -0.15) is 0 Å². The van der Waals surface area contributed by atoms with Gasteiger partial charge in [-0.3, -0.25) is 14.4 Å². The summed E-state index contributed by atoms with van der Waals surface area (Å²) in [5, 5.41) is 0. The first kappa shape index (κ1) is 59.6. The SMILES string of the molecule is CC/C=C\C/C=C\C/C=C\C/C=C\CCC(=O)OC(COC(=O)CCCCC/C=C\C/C=C\C/C=C\CC)COC(=O)CCCCCCCCCCCCCCCCCCCCC. The summed E-state index contributed by atoms with van der Waals surface area (Å²) < 4.78 is 16.7. The molecule has 0 saturated heterocycles. The number of rotatable bonds is 46. The Kier molecular flexibility index (Phi) is 48.5. The van der Waals surface area contributed by atoms with Gasteiger partial charge in [0.15, 0.2) is 6.10 Å². The van der Waals surface area contributed by atoms with Crippen LogP contribution in [0.2, 0.25) is 0 Å². The Morgan fingerprint density at radius 2 is 0.651 bits per heavy atom. The number of ether oxygens (including phenoxy) is 3. The molecule has 63 heavy (non-hydrogen) atoms. The monoisotopic (exact) mass is 877 g/mol. The summed E-state index contributed by atoms with van der Waals surface area (Å²) >= 11 is 0. The molecule has 0 bridgehead atoms. The Morgan fingerprint density at radius 1 is 0.333 bits per heavy atom. The summed E-state index contributed by atoms with van der Waals surface area (Å²) in [6.07, 6.45) is 65.9. The molecule has 6 nitrogen and oxygen atoms in total. The van der Waals surface area contributed by atoms with Crippen molar-refractivity contribution >= 4 is 17.9 Å². The van der Waals surface area contributed by atoms with E-state index in [0.29, 0.717) is 19.3 Å². The van der Waals surface area contributed by atoms with Crippen LogP contribution in [0.5, 0.6) is 0 Å². The molecule has 0 aromatic carbocycles. The molecule has 0 aromatic heterocycles. The summed E-state index contributed by atoms with van der Waals surface area (Å²) in [6.45, 7) is 6.32. The van der Waals surface area contributed by atoms with Gasteiger partial charge in [-0.25, -0.2) is 0 Å². The molecule has 0 heterocycles. The van der Waals surface area contributed by atoms with E-state index in [1.807, 2.05) is 12.2 Å². The molecule has 0 fully saturated rings. The molecule has 0 aliphatic carbocycles. The van der Waals surface area contributed by atoms with E-state index in [0.717, 1.165) is 89.9 Å². The first-order valence-electron chi connectivity index (χ1n) is 26.1. The molecule has 0 aromatic rings. The maximum absolute atomic E-state index is 12.7. The minimum absolute atomic E-state index is 0.113. The summed E-state index contributed by atoms with van der Waals surface area (Å²) in [4.78, 5) is 37.9. The first-order chi connectivity index (χ1) is 31.0. The fourth-order valence-electron chi connectivity index (χ4n) is 7.06. The van der Waals surface area contributed by atoms with Crippen molar-refractivity contribution < 1.29 is 28.6 Å². The third-order valence-electron chi connectivity index (χ3n) is 10.9. The zero-order chi connectivity index (χ0) is 45.8. The van der Waals surface area contributed by atoms with Crippen LogP contribution in [-0.4, -0.2) is 37.2 Å². The van der Waals surface area contributed by atoms with Crippen LogP contribution >= 0.6 is 0 Å². The second-order valence-corrected chi connectivity index (χ2v) is 17.0. The Hall–Kier alpha value is -3.41. The van der Waals surface area contributed by atoms with Crippen molar-refractivity contribution in [1.82, 2.24) is 0 Å². The van der Waals surface area contributed by atoms with E-state index < -0.39 is 12.1 Å². The number of carbonyl (C=O) groups excluding carboxylic acids is 3. The predicted octanol–water partition coefficient (Wildman–Crippen LogP) is 17.2. The molecule has 0 aliphatic rings. The fourth-order valence-corrected chi connectivity index (χ4v) is 7.06. The van der Waals surface area contributed by atoms with Crippen molar-refractivity contribution in [2.24, 2.45) is 0 Å². The van der Waals surface area contributed by atoms with Crippen LogP contribution in [0.15, 0.2) is 85.1 Å². The predicted molar refractivity (Wildman–Crippen MR) is 270 cm³/mol. The Balaban J connectivity index is 4.42. The number of esters is 3. The van der Waals surface area contributed by atoms with Crippen molar-refractivity contribution in [2.75, 3.05) is 13.2 Å². The second kappa shape index (κ2) is 51.2. The van der Waals surface area contributed by atoms with E-state index >= 15 is 0 Å². The number of allylic oxidation sites excluding steroid dienone is 14. The van der Waals surface area contributed by atoms with Crippen molar-refractivity contribution in [3.8, 4) is 0 Å². The first-order valence-corrected chi connectivity index (χ1v) is 26.1. The van der Waals surface area contributed by atoms with Crippen LogP contribution in [0.1, 0.15) is 239 Å². The van der Waals surface area contributed by atoms with E-state index in [9.17, 15) is 14.4 Å². The molecule has 0 spiro atoms. The van der Waals surface area contributed by atoms with E-state index in [2.05, 4.69) is 93.7 Å². The Labute approximate surface area is 388 Å². The highest BCUT2D eigenvalue weighted by molar-refractivity contribution is 5.71. The van der Waals surface area contributed by atoms with Gasteiger partial charge in [0.2, 0.25) is 0 Å². The van der Waals surface area contributed by atoms with Gasteiger partial charge >= 0.3 is 17.9 Å². The third kappa shape index (κ3) is 49.5. The molecule has 0 aliphatic heterocycles. The van der Waals surface area contributed by atoms with Gasteiger partial charge in [0.25, 0.3) is 0 Å². The molecule has 0 saturated carbocycles. The lowest BCUT2D eigenvalue weighted by Crippen LogP contribution is -2.30. The number of unbranched alkanes of at least 4 members (excludes halogenated alkanes) is 21. The maximum atomic E-state index is 12.7. The van der Waals surface area contributed by atoms with Gasteiger partial charge in [-0.15, -0.1) is 0 Å². The molecular weight excluding hydrogens is 781 g/mol. The molecule has 1 unspecified atom stereocenters. The normalized spacial score (nSPS) is 12.7. The summed E-state index contributed by atoms with van der Waals surface area (Å²) in [7, 11) is 0. The molecule has 1 atom stereocenters. The van der Waals surface area contributed by atoms with Gasteiger partial charge in [-0.05, 0) is 77.0 Å². The van der Waals surface area contributed by atoms with Crippen molar-refractivity contribution in [3.63, 3.8) is 0 Å². The molecule has 0 amide bonds. The van der Waals surface area contributed by atoms with Gasteiger partial charge in [0.05, 0.1) is 0 Å². The quantitative estimate of drug-likeness (QED) is 0.0262. The topological polar surface area (TPSA) is 78.9 Å². The molecule has 0 radical (unpaired) electrons. The number of carbonyl (C=O) groups is 3. The lowest BCUT2D eigenvalue weighted by Gasteiger charge is -2.18. The van der Waals surface area contributed by atoms with E-state index in [1.54, 1.807) is 0 Å². The van der Waals surface area contributed by atoms with Gasteiger partial charge in [0, 0.05) is 19.3 Å². The lowest BCUT2D eigenvalue weighted by molar-refractivity contribution is -0.166. The Bertz CT molecular complexity index is 1240. The van der Waals surface area contributed by atoms with E-state index in [-0.39, 0.29) is 31.6 Å². The molecule has 6 heteroatoms. The maximum Gasteiger partial charge on any atom is 0.306 e. The third-order valence-corrected chi connectivity index (χ3v) is 10.9. The second-order valence-electron chi connectivity index (χ2n) is 17.0. The highest BCUT2D eigenvalue weighted by atomic mass is 16.6. The van der Waals surface area contributed by atoms with E-state index in [1.165, 1.54) is 103 Å². The molecule has 0 N–H and O–H groups in total. The largest absolute Gasteiger partial charge is 0.462 e. The fraction of sp³-hybridized carbons (Fsp3) is 0.702. The molecule has 360 valence electrons. The van der Waals surface area contributed by atoms with Gasteiger partial charge in [-0.1, -0.05) is 228 Å². The van der Waals surface area contributed by atoms with Gasteiger partial charge < -0.3 is 14.2 Å². The van der Waals surface area contributed by atoms with Crippen LogP contribution in [0.4, 0.5) is 0 Å². The van der Waals surface area contributed by atoms with Crippen LogP contribution in [0, 0.1) is 0 Å². The zero-order valence-corrected chi connectivity index (χ0v) is 41.1. The number of hydrogen-bond acceptors (Lipinski definition) is 6. The lowest BCUT2D eigenvalue weighted by atomic mass is 10.0. The van der Waals surface area contributed by atoms with Crippen LogP contribution in [-0.2, 0) is 28.6 Å². The van der Waals surface area contributed by atoms with Crippen molar-refractivity contribution in [1.29, 1.82) is 0 Å². The summed E-state index contributed by atoms with van der Waals surface area (Å²) in [6, 6.07) is 0. The highest BCUT2D eigenvalue weighted by Crippen LogP contribution is 2.15. The van der Waals surface area contributed by atoms with Crippen LogP contribution in [0.25, 0.3) is 0 Å². The summed E-state index contributed by atoms with van der Waals surface area (Å²) in [5.41, 5.74) is 0. The summed E-state index contributed by atoms with van der Waals surface area (Å²) in [5.74, 6) is -1.03. The smallest absolute Gasteiger partial charge is 0.306 e. The van der Waals surface area contributed by atoms with Crippen LogP contribution < -0.4 is 0 Å². The van der Waals surface area contributed by atoms with Crippen molar-refractivity contribution in [2.45, 2.75) is 245 Å². The zero-order valence-electron chi connectivity index (χ0n) is 41.1. The molecule has 0 rings (SSSR count). The number of hydrogen-bond donors (Lipinski definition) is 0.